The van der Waals surface area contributed by atoms with E-state index in [1.165, 1.54) is 11.6 Å². The first-order chi connectivity index (χ1) is 17.6. The Bertz CT molecular complexity index is 1090. The molecule has 0 aromatic heterocycles. The number of halogens is 3. The molecule has 2 amide bonds. The fourth-order valence-corrected chi connectivity index (χ4v) is 5.26. The molecular weight excluding hydrogens is 487 g/mol. The standard InChI is InChI=1S/C27H32F3N3O4/c1-37-22-11-7-18(8-12-22)17-5-9-21(10-6-17)33-15-23(24(34)16-33)32-25(35)14-31-26(36)19-3-2-4-20(13-19)27(28,29)30/h2-4,7-8,11-13,17,21,23-24,34H,5-6,9-10,14-16H2,1H3,(H,31,36)(H,32,35)/t17?,21?,23-,24+/m0/s1. The van der Waals surface area contributed by atoms with Crippen molar-refractivity contribution in [3.05, 3.63) is 65.2 Å². The zero-order valence-corrected chi connectivity index (χ0v) is 20.6. The number of hydrogen-bond donors (Lipinski definition) is 3. The first kappa shape index (κ1) is 26.9. The Labute approximate surface area is 214 Å². The molecule has 2 atom stereocenters. The van der Waals surface area contributed by atoms with Crippen LogP contribution < -0.4 is 15.4 Å². The first-order valence-electron chi connectivity index (χ1n) is 12.4. The highest BCUT2D eigenvalue weighted by molar-refractivity contribution is 5.96. The second-order valence-electron chi connectivity index (χ2n) is 9.74. The van der Waals surface area contributed by atoms with Crippen LogP contribution in [0.2, 0.25) is 0 Å². The molecule has 37 heavy (non-hydrogen) atoms. The third-order valence-electron chi connectivity index (χ3n) is 7.33. The number of β-amino-alcohol motifs (C(OH)–C–C–N with tert-alkyl or cyclic N) is 1. The number of ether oxygens (including phenoxy) is 1. The second-order valence-corrected chi connectivity index (χ2v) is 9.74. The predicted molar refractivity (Wildman–Crippen MR) is 131 cm³/mol. The lowest BCUT2D eigenvalue weighted by Gasteiger charge is -2.34. The van der Waals surface area contributed by atoms with Gasteiger partial charge in [0.05, 0.1) is 31.4 Å². The average molecular weight is 520 g/mol. The van der Waals surface area contributed by atoms with Crippen molar-refractivity contribution in [2.75, 3.05) is 26.7 Å². The summed E-state index contributed by atoms with van der Waals surface area (Å²) in [6.45, 7) is 0.566. The number of methoxy groups -OCH3 is 1. The van der Waals surface area contributed by atoms with Crippen molar-refractivity contribution in [1.29, 1.82) is 0 Å². The van der Waals surface area contributed by atoms with Gasteiger partial charge in [0.25, 0.3) is 5.91 Å². The highest BCUT2D eigenvalue weighted by atomic mass is 19.4. The number of carbonyl (C=O) groups is 2. The van der Waals surface area contributed by atoms with E-state index in [1.54, 1.807) is 7.11 Å². The molecule has 10 heteroatoms. The van der Waals surface area contributed by atoms with Gasteiger partial charge in [-0.05, 0) is 67.5 Å². The van der Waals surface area contributed by atoms with E-state index in [0.717, 1.165) is 49.6 Å². The molecule has 1 aliphatic carbocycles. The first-order valence-corrected chi connectivity index (χ1v) is 12.4. The van der Waals surface area contributed by atoms with Crippen LogP contribution in [0.3, 0.4) is 0 Å². The molecule has 0 unspecified atom stereocenters. The third kappa shape index (κ3) is 6.81. The smallest absolute Gasteiger partial charge is 0.416 e. The van der Waals surface area contributed by atoms with Crippen molar-refractivity contribution in [2.24, 2.45) is 0 Å². The number of rotatable bonds is 7. The Morgan fingerprint density at radius 2 is 1.76 bits per heavy atom. The Morgan fingerprint density at radius 1 is 1.05 bits per heavy atom. The summed E-state index contributed by atoms with van der Waals surface area (Å²) < 4.78 is 43.8. The van der Waals surface area contributed by atoms with E-state index in [0.29, 0.717) is 25.0 Å². The van der Waals surface area contributed by atoms with Crippen LogP contribution >= 0.6 is 0 Å². The summed E-state index contributed by atoms with van der Waals surface area (Å²) >= 11 is 0. The van der Waals surface area contributed by atoms with Gasteiger partial charge in [-0.2, -0.15) is 13.2 Å². The van der Waals surface area contributed by atoms with Crippen LogP contribution in [0.5, 0.6) is 5.75 Å². The highest BCUT2D eigenvalue weighted by Crippen LogP contribution is 2.36. The van der Waals surface area contributed by atoms with Crippen LogP contribution in [0.15, 0.2) is 48.5 Å². The van der Waals surface area contributed by atoms with Gasteiger partial charge in [-0.1, -0.05) is 18.2 Å². The topological polar surface area (TPSA) is 90.9 Å². The number of hydrogen-bond acceptors (Lipinski definition) is 5. The molecule has 1 saturated carbocycles. The van der Waals surface area contributed by atoms with Crippen molar-refractivity contribution in [2.45, 2.75) is 56.0 Å². The zero-order chi connectivity index (χ0) is 26.6. The van der Waals surface area contributed by atoms with Gasteiger partial charge in [-0.3, -0.25) is 14.5 Å². The molecule has 0 spiro atoms. The van der Waals surface area contributed by atoms with Gasteiger partial charge in [-0.15, -0.1) is 0 Å². The number of nitrogens with zero attached hydrogens (tertiary/aromatic N) is 1. The number of amides is 2. The molecule has 1 aliphatic heterocycles. The molecule has 2 fully saturated rings. The van der Waals surface area contributed by atoms with Crippen molar-refractivity contribution >= 4 is 11.8 Å². The number of nitrogens with one attached hydrogen (secondary N) is 2. The van der Waals surface area contributed by atoms with E-state index < -0.39 is 42.2 Å². The predicted octanol–water partition coefficient (Wildman–Crippen LogP) is 3.33. The normalized spacial score (nSPS) is 24.5. The van der Waals surface area contributed by atoms with Gasteiger partial charge >= 0.3 is 6.18 Å². The van der Waals surface area contributed by atoms with Crippen molar-refractivity contribution in [1.82, 2.24) is 15.5 Å². The largest absolute Gasteiger partial charge is 0.497 e. The number of alkyl halides is 3. The molecule has 0 bridgehead atoms. The van der Waals surface area contributed by atoms with E-state index in [-0.39, 0.29) is 5.56 Å². The fourth-order valence-electron chi connectivity index (χ4n) is 5.26. The third-order valence-corrected chi connectivity index (χ3v) is 7.33. The summed E-state index contributed by atoms with van der Waals surface area (Å²) in [4.78, 5) is 26.8. The molecule has 2 aromatic rings. The molecule has 4 rings (SSSR count). The van der Waals surface area contributed by atoms with E-state index in [4.69, 9.17) is 4.74 Å². The van der Waals surface area contributed by atoms with E-state index in [2.05, 4.69) is 27.7 Å². The van der Waals surface area contributed by atoms with Crippen LogP contribution in [-0.2, 0) is 11.0 Å². The minimum Gasteiger partial charge on any atom is -0.497 e. The summed E-state index contributed by atoms with van der Waals surface area (Å²) in [7, 11) is 1.65. The highest BCUT2D eigenvalue weighted by Gasteiger charge is 2.37. The lowest BCUT2D eigenvalue weighted by molar-refractivity contribution is -0.137. The van der Waals surface area contributed by atoms with Crippen LogP contribution in [0, 0.1) is 0 Å². The Morgan fingerprint density at radius 3 is 2.41 bits per heavy atom. The summed E-state index contributed by atoms with van der Waals surface area (Å²) in [6, 6.07) is 12.1. The molecule has 7 nitrogen and oxygen atoms in total. The summed E-state index contributed by atoms with van der Waals surface area (Å²) in [5.74, 6) is 0.0512. The Balaban J connectivity index is 1.22. The van der Waals surface area contributed by atoms with Crippen LogP contribution in [-0.4, -0.2) is 66.8 Å². The molecule has 1 saturated heterocycles. The van der Waals surface area contributed by atoms with Gasteiger partial charge in [0.2, 0.25) is 5.91 Å². The van der Waals surface area contributed by atoms with E-state index in [1.807, 2.05) is 12.1 Å². The minimum atomic E-state index is -4.56. The number of aliphatic hydroxyl groups is 1. The van der Waals surface area contributed by atoms with Gasteiger partial charge in [-0.25, -0.2) is 0 Å². The zero-order valence-electron chi connectivity index (χ0n) is 20.6. The number of aliphatic hydroxyl groups excluding tert-OH is 1. The molecular formula is C27H32F3N3O4. The maximum absolute atomic E-state index is 12.9. The average Bonchev–Trinajstić information content (AvgIpc) is 3.26. The summed E-state index contributed by atoms with van der Waals surface area (Å²) in [6.07, 6.45) is -1.21. The molecule has 2 aliphatic rings. The van der Waals surface area contributed by atoms with Gasteiger partial charge in [0.15, 0.2) is 0 Å². The monoisotopic (exact) mass is 519 g/mol. The second kappa shape index (κ2) is 11.5. The lowest BCUT2D eigenvalue weighted by atomic mass is 9.81. The summed E-state index contributed by atoms with van der Waals surface area (Å²) in [5, 5.41) is 15.6. The Kier molecular flexibility index (Phi) is 8.39. The van der Waals surface area contributed by atoms with Crippen molar-refractivity contribution in [3.63, 3.8) is 0 Å². The Hall–Kier alpha value is -3.11. The van der Waals surface area contributed by atoms with Crippen LogP contribution in [0.25, 0.3) is 0 Å². The lowest BCUT2D eigenvalue weighted by Crippen LogP contribution is -2.47. The fraction of sp³-hybridized carbons (Fsp3) is 0.481. The van der Waals surface area contributed by atoms with E-state index in [9.17, 15) is 27.9 Å². The van der Waals surface area contributed by atoms with Crippen LogP contribution in [0.4, 0.5) is 13.2 Å². The minimum absolute atomic E-state index is 0.181. The SMILES string of the molecule is COc1ccc(C2CCC(N3C[C@@H](O)[C@@H](NC(=O)CNC(=O)c4cccc(C(F)(F)F)c4)C3)CC2)cc1. The van der Waals surface area contributed by atoms with Gasteiger partial charge in [0.1, 0.15) is 5.75 Å². The molecule has 3 N–H and O–H groups in total. The maximum atomic E-state index is 12.9. The number of benzene rings is 2. The summed E-state index contributed by atoms with van der Waals surface area (Å²) in [5.41, 5.74) is 0.190. The van der Waals surface area contributed by atoms with Crippen LogP contribution in [0.1, 0.15) is 53.1 Å². The molecule has 0 radical (unpaired) electrons. The van der Waals surface area contributed by atoms with Crippen molar-refractivity contribution in [3.8, 4) is 5.75 Å². The number of likely N-dealkylation sites (tertiary alicyclic amines) is 1. The number of carbonyl (C=O) groups excluding carboxylic acids is 2. The molecule has 1 heterocycles. The van der Waals surface area contributed by atoms with Gasteiger partial charge < -0.3 is 20.5 Å². The molecule has 2 aromatic carbocycles. The quantitative estimate of drug-likeness (QED) is 0.522. The maximum Gasteiger partial charge on any atom is 0.416 e. The van der Waals surface area contributed by atoms with E-state index >= 15 is 0 Å². The molecule has 200 valence electrons. The van der Waals surface area contributed by atoms with Gasteiger partial charge in [0, 0.05) is 24.7 Å². The van der Waals surface area contributed by atoms with Crippen molar-refractivity contribution < 1.29 is 32.6 Å².